The molecule has 150 valence electrons. The van der Waals surface area contributed by atoms with E-state index >= 15 is 0 Å². The Morgan fingerprint density at radius 3 is 2.64 bits per heavy atom. The van der Waals surface area contributed by atoms with E-state index < -0.39 is 0 Å². The van der Waals surface area contributed by atoms with E-state index in [1.807, 2.05) is 7.05 Å². The Balaban J connectivity index is 1.50. The third-order valence-corrected chi connectivity index (χ3v) is 5.23. The summed E-state index contributed by atoms with van der Waals surface area (Å²) < 4.78 is 5.58. The molecule has 1 heterocycles. The Labute approximate surface area is 168 Å². The monoisotopic (exact) mass is 380 g/mol. The van der Waals surface area contributed by atoms with Gasteiger partial charge in [-0.15, -0.1) is 0 Å². The van der Waals surface area contributed by atoms with Gasteiger partial charge in [0, 0.05) is 26.6 Å². The van der Waals surface area contributed by atoms with Crippen LogP contribution in [-0.2, 0) is 12.8 Å². The number of guanidine groups is 1. The van der Waals surface area contributed by atoms with E-state index in [0.29, 0.717) is 0 Å². The molecule has 0 fully saturated rings. The van der Waals surface area contributed by atoms with Crippen molar-refractivity contribution in [2.24, 2.45) is 4.99 Å². The number of aliphatic imine (C=N–C) groups is 1. The van der Waals surface area contributed by atoms with Gasteiger partial charge >= 0.3 is 0 Å². The summed E-state index contributed by atoms with van der Waals surface area (Å²) in [5.74, 6) is 1.88. The molecular weight excluding hydrogens is 348 g/mol. The van der Waals surface area contributed by atoms with Gasteiger partial charge < -0.3 is 20.3 Å². The topological polar surface area (TPSA) is 48.9 Å². The zero-order chi connectivity index (χ0) is 19.9. The predicted octanol–water partition coefficient (Wildman–Crippen LogP) is 2.94. The third kappa shape index (κ3) is 5.26. The second-order valence-electron chi connectivity index (χ2n) is 7.56. The molecule has 0 aliphatic carbocycles. The SMILES string of the molecule is CN=C(NCCc1ccc2c(c1)CCO2)NCC(c1ccc(C)cc1)N(C)C. The molecule has 2 N–H and O–H groups in total. The fraction of sp³-hybridized carbons (Fsp3) is 0.435. The Hall–Kier alpha value is -2.53. The minimum Gasteiger partial charge on any atom is -0.493 e. The number of aryl methyl sites for hydroxylation is 1. The lowest BCUT2D eigenvalue weighted by Crippen LogP contribution is -2.42. The number of hydrogen-bond donors (Lipinski definition) is 2. The van der Waals surface area contributed by atoms with Crippen LogP contribution >= 0.6 is 0 Å². The Kier molecular flexibility index (Phi) is 6.93. The molecule has 1 unspecified atom stereocenters. The molecule has 5 heteroatoms. The average Bonchev–Trinajstić information content (AvgIpc) is 3.15. The molecule has 0 spiro atoms. The van der Waals surface area contributed by atoms with Gasteiger partial charge in [-0.3, -0.25) is 4.99 Å². The lowest BCUT2D eigenvalue weighted by molar-refractivity contribution is 0.298. The predicted molar refractivity (Wildman–Crippen MR) is 116 cm³/mol. The minimum absolute atomic E-state index is 0.288. The molecule has 3 rings (SSSR count). The van der Waals surface area contributed by atoms with E-state index in [1.54, 1.807) is 0 Å². The van der Waals surface area contributed by atoms with Gasteiger partial charge in [-0.1, -0.05) is 42.0 Å². The van der Waals surface area contributed by atoms with Crippen LogP contribution in [0, 0.1) is 6.92 Å². The highest BCUT2D eigenvalue weighted by Crippen LogP contribution is 2.25. The minimum atomic E-state index is 0.288. The van der Waals surface area contributed by atoms with Crippen LogP contribution in [0.15, 0.2) is 47.5 Å². The highest BCUT2D eigenvalue weighted by molar-refractivity contribution is 5.79. The van der Waals surface area contributed by atoms with Crippen LogP contribution < -0.4 is 15.4 Å². The smallest absolute Gasteiger partial charge is 0.191 e. The molecule has 0 amide bonds. The highest BCUT2D eigenvalue weighted by atomic mass is 16.5. The maximum absolute atomic E-state index is 5.58. The molecule has 0 saturated heterocycles. The molecule has 0 aromatic heterocycles. The summed E-state index contributed by atoms with van der Waals surface area (Å²) in [6.07, 6.45) is 1.98. The number of rotatable bonds is 7. The summed E-state index contributed by atoms with van der Waals surface area (Å²) >= 11 is 0. The first kappa shape index (κ1) is 20.2. The maximum Gasteiger partial charge on any atom is 0.191 e. The van der Waals surface area contributed by atoms with E-state index in [1.165, 1.54) is 22.3 Å². The summed E-state index contributed by atoms with van der Waals surface area (Å²) in [5, 5.41) is 6.90. The number of fused-ring (bicyclic) bond motifs is 1. The van der Waals surface area contributed by atoms with Gasteiger partial charge in [-0.05, 0) is 50.2 Å². The van der Waals surface area contributed by atoms with Gasteiger partial charge in [0.1, 0.15) is 5.75 Å². The molecular formula is C23H32N4O. The van der Waals surface area contributed by atoms with Crippen molar-refractivity contribution in [1.29, 1.82) is 0 Å². The van der Waals surface area contributed by atoms with Gasteiger partial charge in [0.25, 0.3) is 0 Å². The Morgan fingerprint density at radius 2 is 1.93 bits per heavy atom. The van der Waals surface area contributed by atoms with Crippen molar-refractivity contribution in [3.05, 3.63) is 64.7 Å². The van der Waals surface area contributed by atoms with Crippen LogP contribution in [-0.4, -0.2) is 51.7 Å². The first-order chi connectivity index (χ1) is 13.6. The van der Waals surface area contributed by atoms with Crippen LogP contribution in [0.4, 0.5) is 0 Å². The first-order valence-electron chi connectivity index (χ1n) is 9.99. The normalized spacial score (nSPS) is 14.5. The second-order valence-corrected chi connectivity index (χ2v) is 7.56. The largest absolute Gasteiger partial charge is 0.493 e. The lowest BCUT2D eigenvalue weighted by Gasteiger charge is -2.26. The van der Waals surface area contributed by atoms with E-state index in [2.05, 4.69) is 84.0 Å². The van der Waals surface area contributed by atoms with Crippen LogP contribution in [0.5, 0.6) is 5.75 Å². The molecule has 1 aliphatic heterocycles. The summed E-state index contributed by atoms with van der Waals surface area (Å²) in [7, 11) is 6.04. The summed E-state index contributed by atoms with van der Waals surface area (Å²) in [5.41, 5.74) is 5.24. The molecule has 0 bridgehead atoms. The molecule has 2 aromatic carbocycles. The van der Waals surface area contributed by atoms with Crippen LogP contribution in [0.1, 0.15) is 28.3 Å². The zero-order valence-electron chi connectivity index (χ0n) is 17.5. The van der Waals surface area contributed by atoms with Gasteiger partial charge in [-0.25, -0.2) is 0 Å². The summed E-state index contributed by atoms with van der Waals surface area (Å²) in [6, 6.07) is 15.5. The molecule has 28 heavy (non-hydrogen) atoms. The van der Waals surface area contributed by atoms with Crippen molar-refractivity contribution in [2.75, 3.05) is 40.8 Å². The maximum atomic E-state index is 5.58. The standard InChI is InChI=1S/C23H32N4O/c1-17-5-8-19(9-6-17)21(27(3)4)16-26-23(24-2)25-13-11-18-7-10-22-20(15-18)12-14-28-22/h5-10,15,21H,11-14,16H2,1-4H3,(H2,24,25,26). The first-order valence-corrected chi connectivity index (χ1v) is 9.99. The van der Waals surface area contributed by atoms with Crippen LogP contribution in [0.25, 0.3) is 0 Å². The van der Waals surface area contributed by atoms with Crippen molar-refractivity contribution in [2.45, 2.75) is 25.8 Å². The number of likely N-dealkylation sites (N-methyl/N-ethyl adjacent to an activating group) is 1. The summed E-state index contributed by atoms with van der Waals surface area (Å²) in [6.45, 7) is 4.57. The van der Waals surface area contributed by atoms with Crippen molar-refractivity contribution in [3.8, 4) is 5.75 Å². The van der Waals surface area contributed by atoms with E-state index in [0.717, 1.165) is 44.2 Å². The average molecular weight is 381 g/mol. The fourth-order valence-corrected chi connectivity index (χ4v) is 3.52. The van der Waals surface area contributed by atoms with Crippen molar-refractivity contribution in [3.63, 3.8) is 0 Å². The molecule has 1 atom stereocenters. The number of ether oxygens (including phenoxy) is 1. The number of nitrogens with one attached hydrogen (secondary N) is 2. The third-order valence-electron chi connectivity index (χ3n) is 5.23. The van der Waals surface area contributed by atoms with Crippen molar-refractivity contribution in [1.82, 2.24) is 15.5 Å². The van der Waals surface area contributed by atoms with E-state index in [4.69, 9.17) is 4.74 Å². The molecule has 1 aliphatic rings. The zero-order valence-corrected chi connectivity index (χ0v) is 17.5. The van der Waals surface area contributed by atoms with Crippen LogP contribution in [0.3, 0.4) is 0 Å². The van der Waals surface area contributed by atoms with Crippen LogP contribution in [0.2, 0.25) is 0 Å². The highest BCUT2D eigenvalue weighted by Gasteiger charge is 2.15. The molecule has 5 nitrogen and oxygen atoms in total. The van der Waals surface area contributed by atoms with E-state index in [-0.39, 0.29) is 6.04 Å². The van der Waals surface area contributed by atoms with E-state index in [9.17, 15) is 0 Å². The number of hydrogen-bond acceptors (Lipinski definition) is 3. The summed E-state index contributed by atoms with van der Waals surface area (Å²) in [4.78, 5) is 6.61. The fourth-order valence-electron chi connectivity index (χ4n) is 3.52. The molecule has 2 aromatic rings. The van der Waals surface area contributed by atoms with Gasteiger partial charge in [0.05, 0.1) is 12.6 Å². The van der Waals surface area contributed by atoms with Gasteiger partial charge in [0.2, 0.25) is 0 Å². The molecule has 0 saturated carbocycles. The second kappa shape index (κ2) is 9.60. The molecule has 0 radical (unpaired) electrons. The van der Waals surface area contributed by atoms with Crippen molar-refractivity contribution >= 4 is 5.96 Å². The number of benzene rings is 2. The Bertz CT molecular complexity index is 799. The lowest BCUT2D eigenvalue weighted by atomic mass is 10.0. The van der Waals surface area contributed by atoms with Gasteiger partial charge in [0.15, 0.2) is 5.96 Å². The quantitative estimate of drug-likeness (QED) is 0.573. The van der Waals surface area contributed by atoms with Crippen molar-refractivity contribution < 1.29 is 4.74 Å². The number of nitrogens with zero attached hydrogens (tertiary/aromatic N) is 2. The van der Waals surface area contributed by atoms with Gasteiger partial charge in [-0.2, -0.15) is 0 Å². The Morgan fingerprint density at radius 1 is 1.14 bits per heavy atom.